The highest BCUT2D eigenvalue weighted by atomic mass is 32.1. The summed E-state index contributed by atoms with van der Waals surface area (Å²) in [7, 11) is 0. The minimum absolute atomic E-state index is 0.0639. The van der Waals surface area contributed by atoms with Crippen molar-refractivity contribution in [2.24, 2.45) is 0 Å². The van der Waals surface area contributed by atoms with Crippen molar-refractivity contribution in [2.75, 3.05) is 5.32 Å². The number of ether oxygens (including phenoxy) is 1. The maximum Gasteiger partial charge on any atom is 0.573 e. The molecule has 9 heteroatoms. The number of amides is 1. The second-order valence-electron chi connectivity index (χ2n) is 4.58. The van der Waals surface area contributed by atoms with Gasteiger partial charge in [0.1, 0.15) is 5.75 Å². The molecule has 0 bridgehead atoms. The van der Waals surface area contributed by atoms with Crippen LogP contribution in [0.15, 0.2) is 52.4 Å². The van der Waals surface area contributed by atoms with Gasteiger partial charge in [0.2, 0.25) is 0 Å². The Morgan fingerprint density at radius 3 is 2.58 bits per heavy atom. The predicted octanol–water partition coefficient (Wildman–Crippen LogP) is 4.55. The van der Waals surface area contributed by atoms with Crippen LogP contribution in [0, 0.1) is 0 Å². The van der Waals surface area contributed by atoms with Gasteiger partial charge < -0.3 is 14.6 Å². The molecule has 1 amide bonds. The second-order valence-corrected chi connectivity index (χ2v) is 5.53. The predicted molar refractivity (Wildman–Crippen MR) is 80.9 cm³/mol. The molecule has 0 aliphatic carbocycles. The Kier molecular flexibility index (Phi) is 4.26. The fraction of sp³-hybridized carbons (Fsp3) is 0.0667. The van der Waals surface area contributed by atoms with E-state index in [1.807, 2.05) is 17.5 Å². The Labute approximate surface area is 137 Å². The smallest absolute Gasteiger partial charge is 0.406 e. The third kappa shape index (κ3) is 3.93. The molecule has 0 saturated carbocycles. The first kappa shape index (κ1) is 16.1. The number of nitrogens with zero attached hydrogens (tertiary/aromatic N) is 1. The second kappa shape index (κ2) is 6.36. The lowest BCUT2D eigenvalue weighted by Crippen LogP contribution is -2.17. The van der Waals surface area contributed by atoms with E-state index in [9.17, 15) is 18.0 Å². The lowest BCUT2D eigenvalue weighted by molar-refractivity contribution is -0.274. The maximum atomic E-state index is 12.1. The number of carbonyl (C=O) groups excluding carboxylic acids is 1. The number of aromatic nitrogens is 1. The molecule has 0 saturated heterocycles. The van der Waals surface area contributed by atoms with Crippen molar-refractivity contribution in [2.45, 2.75) is 6.36 Å². The van der Waals surface area contributed by atoms with Gasteiger partial charge in [-0.3, -0.25) is 4.79 Å². The van der Waals surface area contributed by atoms with Crippen molar-refractivity contribution < 1.29 is 27.2 Å². The van der Waals surface area contributed by atoms with E-state index in [4.69, 9.17) is 4.52 Å². The van der Waals surface area contributed by atoms with E-state index in [0.717, 1.165) is 17.0 Å². The average molecular weight is 354 g/mol. The average Bonchev–Trinajstić information content (AvgIpc) is 3.18. The van der Waals surface area contributed by atoms with Crippen molar-refractivity contribution in [3.63, 3.8) is 0 Å². The molecule has 0 atom stereocenters. The molecular formula is C15H9F3N2O3S. The summed E-state index contributed by atoms with van der Waals surface area (Å²) in [6.07, 6.45) is -4.76. The molecule has 2 heterocycles. The van der Waals surface area contributed by atoms with Crippen molar-refractivity contribution in [3.05, 3.63) is 53.5 Å². The van der Waals surface area contributed by atoms with Crippen molar-refractivity contribution in [1.29, 1.82) is 0 Å². The molecule has 0 radical (unpaired) electrons. The highest BCUT2D eigenvalue weighted by molar-refractivity contribution is 7.13. The molecule has 0 fully saturated rings. The van der Waals surface area contributed by atoms with Crippen LogP contribution in [0.5, 0.6) is 5.75 Å². The van der Waals surface area contributed by atoms with Crippen LogP contribution < -0.4 is 10.1 Å². The summed E-state index contributed by atoms with van der Waals surface area (Å²) in [6, 6.07) is 9.94. The molecule has 0 spiro atoms. The van der Waals surface area contributed by atoms with E-state index in [1.165, 1.54) is 29.5 Å². The van der Waals surface area contributed by atoms with E-state index in [1.54, 1.807) is 0 Å². The topological polar surface area (TPSA) is 64.4 Å². The minimum atomic E-state index is -4.76. The fourth-order valence-corrected chi connectivity index (χ4v) is 2.53. The largest absolute Gasteiger partial charge is 0.573 e. The molecular weight excluding hydrogens is 345 g/mol. The first-order chi connectivity index (χ1) is 11.4. The molecule has 2 aromatic heterocycles. The van der Waals surface area contributed by atoms with Gasteiger partial charge in [0.15, 0.2) is 11.5 Å². The van der Waals surface area contributed by atoms with Gasteiger partial charge >= 0.3 is 6.36 Å². The molecule has 0 aliphatic rings. The normalized spacial score (nSPS) is 11.3. The van der Waals surface area contributed by atoms with Gasteiger partial charge in [0.05, 0.1) is 4.88 Å². The van der Waals surface area contributed by atoms with E-state index in [2.05, 4.69) is 15.2 Å². The highest BCUT2D eigenvalue weighted by Crippen LogP contribution is 2.26. The quantitative estimate of drug-likeness (QED) is 0.746. The number of thiophene rings is 1. The number of carbonyl (C=O) groups is 1. The van der Waals surface area contributed by atoms with Gasteiger partial charge in [-0.1, -0.05) is 11.2 Å². The fourth-order valence-electron chi connectivity index (χ4n) is 1.85. The van der Waals surface area contributed by atoms with Gasteiger partial charge in [-0.05, 0) is 35.7 Å². The third-order valence-corrected chi connectivity index (χ3v) is 3.74. The van der Waals surface area contributed by atoms with Gasteiger partial charge in [-0.2, -0.15) is 0 Å². The van der Waals surface area contributed by atoms with Crippen LogP contribution in [0.3, 0.4) is 0 Å². The van der Waals surface area contributed by atoms with Crippen molar-refractivity contribution in [1.82, 2.24) is 5.16 Å². The van der Waals surface area contributed by atoms with Crippen LogP contribution in [-0.4, -0.2) is 17.4 Å². The lowest BCUT2D eigenvalue weighted by atomic mass is 10.2. The molecule has 0 aliphatic heterocycles. The molecule has 0 unspecified atom stereocenters. The van der Waals surface area contributed by atoms with E-state index in [-0.39, 0.29) is 11.4 Å². The Morgan fingerprint density at radius 2 is 1.96 bits per heavy atom. The SMILES string of the molecule is O=C(Nc1ccc(OC(F)(F)F)cc1)c1cc(-c2cccs2)on1. The van der Waals surface area contributed by atoms with Crippen molar-refractivity contribution in [3.8, 4) is 16.4 Å². The summed E-state index contributed by atoms with van der Waals surface area (Å²) in [5.74, 6) is -0.447. The molecule has 3 rings (SSSR count). The first-order valence-corrected chi connectivity index (χ1v) is 7.46. The Bertz CT molecular complexity index is 827. The number of halogens is 3. The van der Waals surface area contributed by atoms with Crippen LogP contribution in [-0.2, 0) is 0 Å². The zero-order valence-electron chi connectivity index (χ0n) is 11.8. The minimum Gasteiger partial charge on any atom is -0.406 e. The Hall–Kier alpha value is -2.81. The molecule has 124 valence electrons. The summed E-state index contributed by atoms with van der Waals surface area (Å²) in [5, 5.41) is 8.06. The summed E-state index contributed by atoms with van der Waals surface area (Å²) >= 11 is 1.44. The summed E-state index contributed by atoms with van der Waals surface area (Å²) < 4.78 is 45.1. The summed E-state index contributed by atoms with van der Waals surface area (Å²) in [6.45, 7) is 0. The van der Waals surface area contributed by atoms with Gasteiger partial charge in [-0.15, -0.1) is 24.5 Å². The van der Waals surface area contributed by atoms with Crippen LogP contribution in [0.1, 0.15) is 10.5 Å². The summed E-state index contributed by atoms with van der Waals surface area (Å²) in [4.78, 5) is 12.9. The van der Waals surface area contributed by atoms with E-state index < -0.39 is 12.3 Å². The lowest BCUT2D eigenvalue weighted by Gasteiger charge is -2.09. The molecule has 1 N–H and O–H groups in total. The van der Waals surface area contributed by atoms with Gasteiger partial charge in [0, 0.05) is 11.8 Å². The molecule has 1 aromatic carbocycles. The number of alkyl halides is 3. The van der Waals surface area contributed by atoms with Crippen molar-refractivity contribution >= 4 is 22.9 Å². The monoisotopic (exact) mass is 354 g/mol. The van der Waals surface area contributed by atoms with E-state index in [0.29, 0.717) is 11.4 Å². The Balaban J connectivity index is 1.66. The van der Waals surface area contributed by atoms with Gasteiger partial charge in [0.25, 0.3) is 5.91 Å². The Morgan fingerprint density at radius 1 is 1.21 bits per heavy atom. The molecule has 3 aromatic rings. The third-order valence-electron chi connectivity index (χ3n) is 2.85. The maximum absolute atomic E-state index is 12.1. The number of hydrogen-bond acceptors (Lipinski definition) is 5. The van der Waals surface area contributed by atoms with Crippen LogP contribution >= 0.6 is 11.3 Å². The highest BCUT2D eigenvalue weighted by Gasteiger charge is 2.31. The summed E-state index contributed by atoms with van der Waals surface area (Å²) in [5.41, 5.74) is 0.365. The number of hydrogen-bond donors (Lipinski definition) is 1. The number of benzene rings is 1. The zero-order valence-corrected chi connectivity index (χ0v) is 12.6. The van der Waals surface area contributed by atoms with Gasteiger partial charge in [-0.25, -0.2) is 0 Å². The van der Waals surface area contributed by atoms with Crippen LogP contribution in [0.2, 0.25) is 0 Å². The molecule has 24 heavy (non-hydrogen) atoms. The van der Waals surface area contributed by atoms with Crippen LogP contribution in [0.4, 0.5) is 18.9 Å². The molecule has 5 nitrogen and oxygen atoms in total. The first-order valence-electron chi connectivity index (χ1n) is 6.58. The van der Waals surface area contributed by atoms with Crippen LogP contribution in [0.25, 0.3) is 10.6 Å². The zero-order chi connectivity index (χ0) is 17.2. The number of anilines is 1. The number of nitrogens with one attached hydrogen (secondary N) is 1. The standard InChI is InChI=1S/C15H9F3N2O3S/c16-15(17,18)22-10-5-3-9(4-6-10)19-14(21)11-8-12(23-20-11)13-2-1-7-24-13/h1-8H,(H,19,21). The number of rotatable bonds is 4. The van der Waals surface area contributed by atoms with E-state index >= 15 is 0 Å².